The third-order valence-corrected chi connectivity index (χ3v) is 7.56. The Morgan fingerprint density at radius 3 is 2.33 bits per heavy atom. The van der Waals surface area contributed by atoms with Gasteiger partial charge in [-0.1, -0.05) is 73.5 Å². The summed E-state index contributed by atoms with van der Waals surface area (Å²) in [4.78, 5) is 16.0. The lowest BCUT2D eigenvalue weighted by molar-refractivity contribution is -0.181. The topological polar surface area (TPSA) is 49.8 Å². The van der Waals surface area contributed by atoms with E-state index in [0.29, 0.717) is 11.5 Å². The van der Waals surface area contributed by atoms with Crippen LogP contribution in [0.5, 0.6) is 0 Å². The van der Waals surface area contributed by atoms with E-state index in [1.165, 1.54) is 5.56 Å². The Hall–Kier alpha value is -2.17. The van der Waals surface area contributed by atoms with Crippen molar-refractivity contribution in [3.8, 4) is 0 Å². The number of nitrogens with zero attached hydrogens (tertiary/aromatic N) is 1. The van der Waals surface area contributed by atoms with Crippen LogP contribution in [0.3, 0.4) is 0 Å². The molecule has 2 bridgehead atoms. The quantitative estimate of drug-likeness (QED) is 0.729. The van der Waals surface area contributed by atoms with Gasteiger partial charge in [-0.05, 0) is 36.8 Å². The van der Waals surface area contributed by atoms with E-state index in [2.05, 4.69) is 29.2 Å². The molecule has 0 spiro atoms. The molecule has 5 rings (SSSR count). The standard InChI is InChI=1S/C26H31NO3/c28-25(26(29,22-13-7-8-14-22)21-11-5-2-6-12-21)30-24-20-15-16-23(24)27(18-20)17-19-9-3-1-4-10-19/h1-6,9-12,20,22-24,29H,7-8,13-18H2. The minimum absolute atomic E-state index is 0.0631. The third-order valence-electron chi connectivity index (χ3n) is 7.56. The van der Waals surface area contributed by atoms with E-state index in [-0.39, 0.29) is 18.1 Å². The molecule has 3 aliphatic rings. The first-order chi connectivity index (χ1) is 14.7. The maximum absolute atomic E-state index is 13.5. The number of aliphatic hydroxyl groups is 1. The first-order valence-corrected chi connectivity index (χ1v) is 11.4. The van der Waals surface area contributed by atoms with Gasteiger partial charge in [0.05, 0.1) is 0 Å². The van der Waals surface area contributed by atoms with Crippen molar-refractivity contribution < 1.29 is 14.6 Å². The summed E-state index contributed by atoms with van der Waals surface area (Å²) in [5, 5.41) is 11.7. The molecule has 30 heavy (non-hydrogen) atoms. The molecule has 4 heteroatoms. The SMILES string of the molecule is O=C(OC1C2CCC1N(Cc1ccccc1)C2)C(O)(c1ccccc1)C1CCCC1. The zero-order chi connectivity index (χ0) is 20.6. The summed E-state index contributed by atoms with van der Waals surface area (Å²) in [6.45, 7) is 1.85. The second-order valence-electron chi connectivity index (χ2n) is 9.30. The second kappa shape index (κ2) is 8.16. The average molecular weight is 406 g/mol. The van der Waals surface area contributed by atoms with Crippen LogP contribution in [-0.2, 0) is 21.7 Å². The lowest BCUT2D eigenvalue weighted by Gasteiger charge is -2.34. The highest BCUT2D eigenvalue weighted by Crippen LogP contribution is 2.45. The molecule has 4 unspecified atom stereocenters. The monoisotopic (exact) mass is 405 g/mol. The van der Waals surface area contributed by atoms with Gasteiger partial charge in [0.2, 0.25) is 0 Å². The van der Waals surface area contributed by atoms with E-state index >= 15 is 0 Å². The summed E-state index contributed by atoms with van der Waals surface area (Å²) in [5.41, 5.74) is 0.430. The fourth-order valence-electron chi connectivity index (χ4n) is 5.99. The molecule has 3 fully saturated rings. The summed E-state index contributed by atoms with van der Waals surface area (Å²) in [6, 6.07) is 20.2. The van der Waals surface area contributed by atoms with Crippen molar-refractivity contribution in [2.45, 2.75) is 62.8 Å². The Morgan fingerprint density at radius 2 is 1.63 bits per heavy atom. The number of carbonyl (C=O) groups excluding carboxylic acids is 1. The number of likely N-dealkylation sites (tertiary alicyclic amines) is 1. The molecule has 0 amide bonds. The Kier molecular flexibility index (Phi) is 5.38. The van der Waals surface area contributed by atoms with Crippen molar-refractivity contribution in [1.82, 2.24) is 4.90 Å². The minimum atomic E-state index is -1.54. The molecule has 1 N–H and O–H groups in total. The number of carbonyl (C=O) groups is 1. The maximum atomic E-state index is 13.5. The molecule has 158 valence electrons. The first kappa shape index (κ1) is 19.8. The molecular weight excluding hydrogens is 374 g/mol. The second-order valence-corrected chi connectivity index (χ2v) is 9.30. The average Bonchev–Trinajstić information content (AvgIpc) is 3.52. The first-order valence-electron chi connectivity index (χ1n) is 11.4. The number of esters is 1. The van der Waals surface area contributed by atoms with E-state index in [4.69, 9.17) is 4.74 Å². The highest BCUT2D eigenvalue weighted by Gasteiger charge is 2.53. The van der Waals surface area contributed by atoms with Crippen LogP contribution in [0.25, 0.3) is 0 Å². The van der Waals surface area contributed by atoms with Crippen molar-refractivity contribution in [1.29, 1.82) is 0 Å². The van der Waals surface area contributed by atoms with Crippen LogP contribution in [0.1, 0.15) is 49.7 Å². The number of rotatable bonds is 6. The fourth-order valence-corrected chi connectivity index (χ4v) is 5.99. The van der Waals surface area contributed by atoms with Gasteiger partial charge in [-0.25, -0.2) is 4.79 Å². The summed E-state index contributed by atoms with van der Waals surface area (Å²) < 4.78 is 6.17. The largest absolute Gasteiger partial charge is 0.458 e. The predicted molar refractivity (Wildman–Crippen MR) is 116 cm³/mol. The van der Waals surface area contributed by atoms with E-state index in [1.807, 2.05) is 36.4 Å². The van der Waals surface area contributed by atoms with Gasteiger partial charge in [-0.15, -0.1) is 0 Å². The fraction of sp³-hybridized carbons (Fsp3) is 0.500. The zero-order valence-corrected chi connectivity index (χ0v) is 17.5. The van der Waals surface area contributed by atoms with Crippen LogP contribution in [0.4, 0.5) is 0 Å². The van der Waals surface area contributed by atoms with E-state index in [1.54, 1.807) is 0 Å². The Balaban J connectivity index is 1.34. The number of piperidine rings is 1. The van der Waals surface area contributed by atoms with Crippen LogP contribution < -0.4 is 0 Å². The number of benzene rings is 2. The molecule has 0 radical (unpaired) electrons. The van der Waals surface area contributed by atoms with Crippen LogP contribution in [0.2, 0.25) is 0 Å². The van der Waals surface area contributed by atoms with Crippen molar-refractivity contribution in [3.05, 3.63) is 71.8 Å². The molecular formula is C26H31NO3. The molecule has 2 saturated carbocycles. The Morgan fingerprint density at radius 1 is 0.967 bits per heavy atom. The molecule has 0 aromatic heterocycles. The summed E-state index contributed by atoms with van der Waals surface area (Å²) in [6.07, 6.45) is 5.91. The Bertz CT molecular complexity index is 864. The van der Waals surface area contributed by atoms with Gasteiger partial charge in [0.25, 0.3) is 0 Å². The van der Waals surface area contributed by atoms with Gasteiger partial charge in [0.15, 0.2) is 5.60 Å². The van der Waals surface area contributed by atoms with Crippen molar-refractivity contribution in [2.24, 2.45) is 11.8 Å². The third kappa shape index (κ3) is 3.46. The number of ether oxygens (including phenoxy) is 1. The van der Waals surface area contributed by atoms with E-state index in [0.717, 1.165) is 51.6 Å². The van der Waals surface area contributed by atoms with Gasteiger partial charge < -0.3 is 9.84 Å². The van der Waals surface area contributed by atoms with Gasteiger partial charge in [-0.2, -0.15) is 0 Å². The number of hydrogen-bond acceptors (Lipinski definition) is 4. The molecule has 4 atom stereocenters. The number of hydrogen-bond donors (Lipinski definition) is 1. The summed E-state index contributed by atoms with van der Waals surface area (Å²) in [7, 11) is 0. The van der Waals surface area contributed by atoms with Crippen molar-refractivity contribution in [3.63, 3.8) is 0 Å². The van der Waals surface area contributed by atoms with Crippen molar-refractivity contribution >= 4 is 5.97 Å². The molecule has 2 aliphatic carbocycles. The molecule has 2 aromatic carbocycles. The molecule has 1 saturated heterocycles. The van der Waals surface area contributed by atoms with E-state index < -0.39 is 11.6 Å². The lowest BCUT2D eigenvalue weighted by atomic mass is 9.80. The molecule has 2 aromatic rings. The highest BCUT2D eigenvalue weighted by atomic mass is 16.6. The van der Waals surface area contributed by atoms with Gasteiger partial charge in [0, 0.05) is 31.0 Å². The summed E-state index contributed by atoms with van der Waals surface area (Å²) >= 11 is 0. The minimum Gasteiger partial charge on any atom is -0.458 e. The lowest BCUT2D eigenvalue weighted by Crippen LogP contribution is -2.46. The number of fused-ring (bicyclic) bond motifs is 2. The van der Waals surface area contributed by atoms with Crippen LogP contribution in [0, 0.1) is 11.8 Å². The predicted octanol–water partition coefficient (Wildman–Crippen LogP) is 4.27. The van der Waals surface area contributed by atoms with E-state index in [9.17, 15) is 9.90 Å². The Labute approximate surface area is 178 Å². The zero-order valence-electron chi connectivity index (χ0n) is 17.5. The van der Waals surface area contributed by atoms with Crippen molar-refractivity contribution in [2.75, 3.05) is 6.54 Å². The molecule has 4 nitrogen and oxygen atoms in total. The van der Waals surface area contributed by atoms with Crippen LogP contribution >= 0.6 is 0 Å². The summed E-state index contributed by atoms with van der Waals surface area (Å²) in [5.74, 6) is -0.137. The van der Waals surface area contributed by atoms with Gasteiger partial charge in [-0.3, -0.25) is 4.90 Å². The van der Waals surface area contributed by atoms with Crippen LogP contribution in [-0.4, -0.2) is 34.7 Å². The smallest absolute Gasteiger partial charge is 0.343 e. The van der Waals surface area contributed by atoms with Crippen LogP contribution in [0.15, 0.2) is 60.7 Å². The molecule has 1 aliphatic heterocycles. The highest BCUT2D eigenvalue weighted by molar-refractivity contribution is 5.82. The van der Waals surface area contributed by atoms with Gasteiger partial charge >= 0.3 is 5.97 Å². The maximum Gasteiger partial charge on any atom is 0.343 e. The van der Waals surface area contributed by atoms with Gasteiger partial charge in [0.1, 0.15) is 6.10 Å². The normalized spacial score (nSPS) is 28.5. The molecule has 1 heterocycles.